The fourth-order valence-corrected chi connectivity index (χ4v) is 2.29. The SMILES string of the molecule is COC(=O)C1=C(C)NC(=O)CC1c1cccc(F)c1. The molecule has 4 nitrogen and oxygen atoms in total. The Morgan fingerprint density at radius 2 is 2.21 bits per heavy atom. The number of amides is 1. The van der Waals surface area contributed by atoms with Gasteiger partial charge in [-0.3, -0.25) is 4.79 Å². The fourth-order valence-electron chi connectivity index (χ4n) is 2.29. The van der Waals surface area contributed by atoms with Gasteiger partial charge in [-0.25, -0.2) is 9.18 Å². The Morgan fingerprint density at radius 3 is 2.84 bits per heavy atom. The number of benzene rings is 1. The molecule has 0 spiro atoms. The van der Waals surface area contributed by atoms with Gasteiger partial charge < -0.3 is 10.1 Å². The summed E-state index contributed by atoms with van der Waals surface area (Å²) < 4.78 is 18.0. The molecule has 0 fully saturated rings. The molecule has 0 bridgehead atoms. The van der Waals surface area contributed by atoms with Crippen LogP contribution in [-0.4, -0.2) is 19.0 Å². The summed E-state index contributed by atoms with van der Waals surface area (Å²) >= 11 is 0. The van der Waals surface area contributed by atoms with Crippen molar-refractivity contribution in [1.82, 2.24) is 5.32 Å². The number of carbonyl (C=O) groups is 2. The molecule has 1 heterocycles. The average Bonchev–Trinajstić information content (AvgIpc) is 2.37. The minimum absolute atomic E-state index is 0.102. The van der Waals surface area contributed by atoms with E-state index in [1.54, 1.807) is 19.1 Å². The van der Waals surface area contributed by atoms with Crippen molar-refractivity contribution in [2.75, 3.05) is 7.11 Å². The molecule has 0 radical (unpaired) electrons. The van der Waals surface area contributed by atoms with Gasteiger partial charge in [-0.05, 0) is 24.6 Å². The van der Waals surface area contributed by atoms with E-state index in [9.17, 15) is 14.0 Å². The fraction of sp³-hybridized carbons (Fsp3) is 0.286. The number of rotatable bonds is 2. The van der Waals surface area contributed by atoms with Crippen LogP contribution in [0.3, 0.4) is 0 Å². The second kappa shape index (κ2) is 5.22. The lowest BCUT2D eigenvalue weighted by Gasteiger charge is -2.26. The van der Waals surface area contributed by atoms with Crippen molar-refractivity contribution in [3.05, 3.63) is 46.9 Å². The van der Waals surface area contributed by atoms with Gasteiger partial charge in [0.05, 0.1) is 12.7 Å². The van der Waals surface area contributed by atoms with Crippen LogP contribution in [0.25, 0.3) is 0 Å². The third-order valence-corrected chi connectivity index (χ3v) is 3.13. The molecule has 1 amide bonds. The molecule has 1 aliphatic heterocycles. The van der Waals surface area contributed by atoms with Gasteiger partial charge in [0.25, 0.3) is 0 Å². The number of ether oxygens (including phenoxy) is 1. The molecule has 100 valence electrons. The molecule has 19 heavy (non-hydrogen) atoms. The van der Waals surface area contributed by atoms with Crippen LogP contribution in [0.5, 0.6) is 0 Å². The molecule has 0 aliphatic carbocycles. The third-order valence-electron chi connectivity index (χ3n) is 3.13. The number of hydrogen-bond acceptors (Lipinski definition) is 3. The molecule has 5 heteroatoms. The summed E-state index contributed by atoms with van der Waals surface area (Å²) in [5.41, 5.74) is 1.42. The maximum atomic E-state index is 13.3. The van der Waals surface area contributed by atoms with Crippen LogP contribution in [-0.2, 0) is 14.3 Å². The monoisotopic (exact) mass is 263 g/mol. The molecule has 1 unspecified atom stereocenters. The van der Waals surface area contributed by atoms with Crippen LogP contribution in [0.4, 0.5) is 4.39 Å². The number of methoxy groups -OCH3 is 1. The van der Waals surface area contributed by atoms with Crippen molar-refractivity contribution < 1.29 is 18.7 Å². The van der Waals surface area contributed by atoms with Crippen molar-refractivity contribution in [2.45, 2.75) is 19.3 Å². The Balaban J connectivity index is 2.49. The number of esters is 1. The first-order valence-electron chi connectivity index (χ1n) is 5.87. The van der Waals surface area contributed by atoms with Gasteiger partial charge in [0.15, 0.2) is 0 Å². The number of hydrogen-bond donors (Lipinski definition) is 1. The first-order chi connectivity index (χ1) is 9.02. The Labute approximate surface area is 110 Å². The number of halogens is 1. The average molecular weight is 263 g/mol. The molecule has 1 aliphatic rings. The predicted molar refractivity (Wildman–Crippen MR) is 66.6 cm³/mol. The van der Waals surface area contributed by atoms with Crippen molar-refractivity contribution in [1.29, 1.82) is 0 Å². The number of allylic oxidation sites excluding steroid dienone is 1. The van der Waals surface area contributed by atoms with Gasteiger partial charge in [-0.1, -0.05) is 12.1 Å². The highest BCUT2D eigenvalue weighted by Gasteiger charge is 2.32. The van der Waals surface area contributed by atoms with E-state index >= 15 is 0 Å². The van der Waals surface area contributed by atoms with Gasteiger partial charge in [-0.15, -0.1) is 0 Å². The van der Waals surface area contributed by atoms with Gasteiger partial charge >= 0.3 is 5.97 Å². The number of nitrogens with one attached hydrogen (secondary N) is 1. The molecule has 0 saturated carbocycles. The summed E-state index contributed by atoms with van der Waals surface area (Å²) in [5, 5.41) is 2.61. The lowest BCUT2D eigenvalue weighted by atomic mass is 9.84. The molecule has 1 N–H and O–H groups in total. The van der Waals surface area contributed by atoms with E-state index in [2.05, 4.69) is 5.32 Å². The summed E-state index contributed by atoms with van der Waals surface area (Å²) in [6.45, 7) is 1.63. The Hall–Kier alpha value is -2.17. The van der Waals surface area contributed by atoms with Crippen LogP contribution >= 0.6 is 0 Å². The van der Waals surface area contributed by atoms with E-state index in [4.69, 9.17) is 4.74 Å². The highest BCUT2D eigenvalue weighted by molar-refractivity contribution is 5.95. The second-order valence-corrected chi connectivity index (χ2v) is 4.39. The summed E-state index contributed by atoms with van der Waals surface area (Å²) in [7, 11) is 1.28. The molecular formula is C14H14FNO3. The quantitative estimate of drug-likeness (QED) is 0.829. The smallest absolute Gasteiger partial charge is 0.336 e. The lowest BCUT2D eigenvalue weighted by Crippen LogP contribution is -2.34. The zero-order valence-electron chi connectivity index (χ0n) is 10.7. The van der Waals surface area contributed by atoms with Crippen LogP contribution < -0.4 is 5.32 Å². The van der Waals surface area contributed by atoms with E-state index in [1.165, 1.54) is 19.2 Å². The maximum absolute atomic E-state index is 13.3. The van der Waals surface area contributed by atoms with E-state index < -0.39 is 17.7 Å². The van der Waals surface area contributed by atoms with E-state index in [0.717, 1.165) is 0 Å². The Morgan fingerprint density at radius 1 is 1.47 bits per heavy atom. The second-order valence-electron chi connectivity index (χ2n) is 4.39. The largest absolute Gasteiger partial charge is 0.466 e. The van der Waals surface area contributed by atoms with Crippen LogP contribution in [0, 0.1) is 5.82 Å². The zero-order valence-corrected chi connectivity index (χ0v) is 10.7. The van der Waals surface area contributed by atoms with Crippen molar-refractivity contribution in [3.63, 3.8) is 0 Å². The van der Waals surface area contributed by atoms with Gasteiger partial charge in [-0.2, -0.15) is 0 Å². The van der Waals surface area contributed by atoms with E-state index in [0.29, 0.717) is 16.8 Å². The molecule has 1 aromatic carbocycles. The van der Waals surface area contributed by atoms with Crippen molar-refractivity contribution in [2.24, 2.45) is 0 Å². The van der Waals surface area contributed by atoms with Crippen molar-refractivity contribution in [3.8, 4) is 0 Å². The highest BCUT2D eigenvalue weighted by atomic mass is 19.1. The minimum atomic E-state index is -0.508. The molecule has 0 aromatic heterocycles. The lowest BCUT2D eigenvalue weighted by molar-refractivity contribution is -0.136. The summed E-state index contributed by atoms with van der Waals surface area (Å²) in [4.78, 5) is 23.4. The first-order valence-corrected chi connectivity index (χ1v) is 5.87. The minimum Gasteiger partial charge on any atom is -0.466 e. The first kappa shape index (κ1) is 13.3. The molecule has 1 atom stereocenters. The number of carbonyl (C=O) groups excluding carboxylic acids is 2. The highest BCUT2D eigenvalue weighted by Crippen LogP contribution is 2.33. The van der Waals surface area contributed by atoms with Gasteiger partial charge in [0.2, 0.25) is 5.91 Å². The maximum Gasteiger partial charge on any atom is 0.336 e. The molecule has 0 saturated heterocycles. The third kappa shape index (κ3) is 2.65. The van der Waals surface area contributed by atoms with Crippen molar-refractivity contribution >= 4 is 11.9 Å². The summed E-state index contributed by atoms with van der Waals surface area (Å²) in [5.74, 6) is -1.58. The van der Waals surface area contributed by atoms with Crippen LogP contribution in [0.1, 0.15) is 24.8 Å². The van der Waals surface area contributed by atoms with E-state index in [-0.39, 0.29) is 12.3 Å². The Bertz CT molecular complexity index is 566. The zero-order chi connectivity index (χ0) is 14.0. The standard InChI is InChI=1S/C14H14FNO3/c1-8-13(14(18)19-2)11(7-12(17)16-8)9-4-3-5-10(15)6-9/h3-6,11H,7H2,1-2H3,(H,16,17). The predicted octanol–water partition coefficient (Wildman–Crippen LogP) is 1.88. The molecular weight excluding hydrogens is 249 g/mol. The molecule has 1 aromatic rings. The van der Waals surface area contributed by atoms with Gasteiger partial charge in [0, 0.05) is 18.0 Å². The van der Waals surface area contributed by atoms with Crippen LogP contribution in [0.2, 0.25) is 0 Å². The summed E-state index contributed by atoms with van der Waals surface area (Å²) in [6, 6.07) is 5.91. The summed E-state index contributed by atoms with van der Waals surface area (Å²) in [6.07, 6.45) is 0.102. The Kier molecular flexibility index (Phi) is 3.64. The topological polar surface area (TPSA) is 55.4 Å². The van der Waals surface area contributed by atoms with Crippen LogP contribution in [0.15, 0.2) is 35.5 Å². The molecule has 2 rings (SSSR count). The normalized spacial score (nSPS) is 19.1. The van der Waals surface area contributed by atoms with E-state index in [1.807, 2.05) is 0 Å². The van der Waals surface area contributed by atoms with Gasteiger partial charge in [0.1, 0.15) is 5.82 Å².